The lowest BCUT2D eigenvalue weighted by Gasteiger charge is -2.37. The largest absolute Gasteiger partial charge is 0.392 e. The molecule has 1 aliphatic rings. The van der Waals surface area contributed by atoms with E-state index < -0.39 is 23.5 Å². The van der Waals surface area contributed by atoms with E-state index in [1.807, 2.05) is 11.8 Å². The van der Waals surface area contributed by atoms with Crippen molar-refractivity contribution in [2.45, 2.75) is 49.2 Å². The van der Waals surface area contributed by atoms with Gasteiger partial charge in [-0.25, -0.2) is 14.8 Å². The van der Waals surface area contributed by atoms with Crippen molar-refractivity contribution in [3.8, 4) is 0 Å². The molecule has 1 unspecified atom stereocenters. The Hall–Kier alpha value is -2.15. The molecule has 30 heavy (non-hydrogen) atoms. The van der Waals surface area contributed by atoms with Crippen LogP contribution in [0.15, 0.2) is 30.3 Å². The van der Waals surface area contributed by atoms with Gasteiger partial charge in [0.1, 0.15) is 11.5 Å². The first kappa shape index (κ1) is 21.1. The van der Waals surface area contributed by atoms with Crippen LogP contribution in [0.1, 0.15) is 19.5 Å². The number of H-pyrrole nitrogens is 2. The van der Waals surface area contributed by atoms with Crippen molar-refractivity contribution in [2.75, 3.05) is 18.0 Å². The quantitative estimate of drug-likeness (QED) is 0.290. The topological polar surface area (TPSA) is 140 Å². The maximum atomic E-state index is 12.3. The predicted octanol–water partition coefficient (Wildman–Crippen LogP) is 0.846. The van der Waals surface area contributed by atoms with Gasteiger partial charge in [-0.3, -0.25) is 9.36 Å². The first-order chi connectivity index (χ1) is 14.3. The Bertz CT molecular complexity index is 1180. The highest BCUT2D eigenvalue weighted by Gasteiger charge is 2.29. The molecule has 1 atom stereocenters. The van der Waals surface area contributed by atoms with E-state index in [9.17, 15) is 19.8 Å². The van der Waals surface area contributed by atoms with Crippen molar-refractivity contribution >= 4 is 44.5 Å². The molecule has 160 valence electrons. The van der Waals surface area contributed by atoms with E-state index in [4.69, 9.17) is 0 Å². The Balaban J connectivity index is 1.75. The summed E-state index contributed by atoms with van der Waals surface area (Å²) in [6.45, 7) is 4.39. The van der Waals surface area contributed by atoms with Gasteiger partial charge in [0.15, 0.2) is 5.16 Å². The summed E-state index contributed by atoms with van der Waals surface area (Å²) in [7, 11) is 0. The molecule has 0 spiro atoms. The van der Waals surface area contributed by atoms with Crippen LogP contribution in [0.4, 0.5) is 5.82 Å². The highest BCUT2D eigenvalue weighted by Crippen LogP contribution is 2.37. The lowest BCUT2D eigenvalue weighted by atomic mass is 10.1. The van der Waals surface area contributed by atoms with Crippen LogP contribution in [0, 0.1) is 0 Å². The Kier molecular flexibility index (Phi) is 5.75. The zero-order valence-corrected chi connectivity index (χ0v) is 18.7. The number of fused-ring (bicyclic) bond motifs is 1. The van der Waals surface area contributed by atoms with Crippen LogP contribution < -0.4 is 16.1 Å². The van der Waals surface area contributed by atoms with Crippen molar-refractivity contribution in [3.05, 3.63) is 37.1 Å². The summed E-state index contributed by atoms with van der Waals surface area (Å²) in [6, 6.07) is 1.29. The molecule has 3 aromatic heterocycles. The van der Waals surface area contributed by atoms with Gasteiger partial charge < -0.3 is 25.1 Å². The SMILES string of the molecule is CCc1[nH]c2nc(Sc3cc(=O)n(CC(C)O)c(=O)[nH]3)nc(N3CC(O)C3)c2c1Br. The number of aryl methyl sites for hydroxylation is 1. The van der Waals surface area contributed by atoms with Gasteiger partial charge in [-0.15, -0.1) is 0 Å². The second-order valence-electron chi connectivity index (χ2n) is 7.22. The average molecular weight is 497 g/mol. The number of rotatable bonds is 6. The number of hydrogen-bond acceptors (Lipinski definition) is 8. The van der Waals surface area contributed by atoms with Crippen LogP contribution >= 0.6 is 27.7 Å². The van der Waals surface area contributed by atoms with Crippen molar-refractivity contribution < 1.29 is 10.2 Å². The highest BCUT2D eigenvalue weighted by atomic mass is 79.9. The van der Waals surface area contributed by atoms with Gasteiger partial charge >= 0.3 is 5.69 Å². The van der Waals surface area contributed by atoms with Crippen LogP contribution in [0.3, 0.4) is 0 Å². The molecule has 1 fully saturated rings. The Labute approximate surface area is 183 Å². The van der Waals surface area contributed by atoms with Crippen molar-refractivity contribution in [1.29, 1.82) is 0 Å². The molecular formula is C18H21BrN6O4S. The minimum Gasteiger partial charge on any atom is -0.392 e. The molecule has 1 saturated heterocycles. The zero-order valence-electron chi connectivity index (χ0n) is 16.3. The number of nitrogens with one attached hydrogen (secondary N) is 2. The molecular weight excluding hydrogens is 476 g/mol. The molecule has 0 saturated carbocycles. The van der Waals surface area contributed by atoms with Crippen LogP contribution in [0.2, 0.25) is 0 Å². The van der Waals surface area contributed by atoms with E-state index in [-0.39, 0.29) is 6.54 Å². The van der Waals surface area contributed by atoms with E-state index in [0.717, 1.165) is 38.3 Å². The normalized spacial score (nSPS) is 15.6. The third-order valence-electron chi connectivity index (χ3n) is 4.78. The summed E-state index contributed by atoms with van der Waals surface area (Å²) in [6.07, 6.45) is -0.440. The molecule has 4 N–H and O–H groups in total. The van der Waals surface area contributed by atoms with Crippen molar-refractivity contribution in [1.82, 2.24) is 24.5 Å². The number of halogens is 1. The molecule has 0 radical (unpaired) electrons. The lowest BCUT2D eigenvalue weighted by Crippen LogP contribution is -2.51. The molecule has 4 rings (SSSR count). The molecule has 3 aromatic rings. The lowest BCUT2D eigenvalue weighted by molar-refractivity contribution is 0.141. The van der Waals surface area contributed by atoms with Crippen LogP contribution in [-0.2, 0) is 13.0 Å². The summed E-state index contributed by atoms with van der Waals surface area (Å²) < 4.78 is 1.84. The number of hydrogen-bond donors (Lipinski definition) is 4. The van der Waals surface area contributed by atoms with Gasteiger partial charge in [-0.05, 0) is 41.0 Å². The maximum Gasteiger partial charge on any atom is 0.329 e. The molecule has 0 bridgehead atoms. The molecule has 0 aliphatic carbocycles. The second-order valence-corrected chi connectivity index (χ2v) is 9.02. The smallest absolute Gasteiger partial charge is 0.329 e. The Morgan fingerprint density at radius 1 is 1.33 bits per heavy atom. The monoisotopic (exact) mass is 496 g/mol. The standard InChI is InChI=1S/C18H21BrN6O4S/c1-3-10-14(19)13-15(20-10)22-17(23-16(13)24-6-9(27)7-24)30-11-4-12(28)25(5-8(2)26)18(29)21-11/h4,8-9,26-27H,3,5-7H2,1-2H3,(H,21,29)(H,20,22,23). The van der Waals surface area contributed by atoms with E-state index in [1.54, 1.807) is 0 Å². The first-order valence-electron chi connectivity index (χ1n) is 9.48. The average Bonchev–Trinajstić information content (AvgIpc) is 2.97. The van der Waals surface area contributed by atoms with E-state index in [1.165, 1.54) is 13.0 Å². The van der Waals surface area contributed by atoms with Crippen LogP contribution in [0.25, 0.3) is 11.0 Å². The van der Waals surface area contributed by atoms with Gasteiger partial charge in [0.05, 0.1) is 33.6 Å². The fourth-order valence-corrected chi connectivity index (χ4v) is 4.81. The van der Waals surface area contributed by atoms with Crippen LogP contribution in [-0.4, -0.2) is 60.0 Å². The molecule has 1 aliphatic heterocycles. The minimum absolute atomic E-state index is 0.0840. The fraction of sp³-hybridized carbons (Fsp3) is 0.444. The van der Waals surface area contributed by atoms with Gasteiger partial charge in [-0.2, -0.15) is 0 Å². The summed E-state index contributed by atoms with van der Waals surface area (Å²) in [5.41, 5.74) is 0.509. The van der Waals surface area contributed by atoms with Crippen molar-refractivity contribution in [3.63, 3.8) is 0 Å². The van der Waals surface area contributed by atoms with E-state index >= 15 is 0 Å². The maximum absolute atomic E-state index is 12.3. The van der Waals surface area contributed by atoms with Gasteiger partial charge in [0, 0.05) is 24.8 Å². The van der Waals surface area contributed by atoms with Gasteiger partial charge in [0.2, 0.25) is 0 Å². The Morgan fingerprint density at radius 3 is 2.67 bits per heavy atom. The first-order valence-corrected chi connectivity index (χ1v) is 11.1. The third-order valence-corrected chi connectivity index (χ3v) is 6.46. The molecule has 0 amide bonds. The fourth-order valence-electron chi connectivity index (χ4n) is 3.31. The molecule has 12 heteroatoms. The predicted molar refractivity (Wildman–Crippen MR) is 116 cm³/mol. The number of aliphatic hydroxyl groups excluding tert-OH is 2. The number of anilines is 1. The van der Waals surface area contributed by atoms with Gasteiger partial charge in [-0.1, -0.05) is 6.92 Å². The molecule has 4 heterocycles. The highest BCUT2D eigenvalue weighted by molar-refractivity contribution is 9.10. The number of aromatic nitrogens is 5. The molecule has 10 nitrogen and oxygen atoms in total. The molecule has 0 aromatic carbocycles. The minimum atomic E-state index is -0.818. The third kappa shape index (κ3) is 3.92. The van der Waals surface area contributed by atoms with Crippen molar-refractivity contribution in [2.24, 2.45) is 0 Å². The summed E-state index contributed by atoms with van der Waals surface area (Å²) >= 11 is 4.69. The zero-order chi connectivity index (χ0) is 21.6. The summed E-state index contributed by atoms with van der Waals surface area (Å²) in [5, 5.41) is 20.7. The number of β-amino-alcohol motifs (C(OH)–C–C–N with tert-alkyl or cyclic N) is 1. The second kappa shape index (κ2) is 8.17. The Morgan fingerprint density at radius 2 is 2.07 bits per heavy atom. The number of aromatic amines is 2. The summed E-state index contributed by atoms with van der Waals surface area (Å²) in [4.78, 5) is 41.6. The number of aliphatic hydroxyl groups is 2. The number of nitrogens with zero attached hydrogens (tertiary/aromatic N) is 4. The summed E-state index contributed by atoms with van der Waals surface area (Å²) in [5.74, 6) is 0.681. The van der Waals surface area contributed by atoms with Crippen LogP contribution in [0.5, 0.6) is 0 Å². The van der Waals surface area contributed by atoms with Gasteiger partial charge in [0.25, 0.3) is 5.56 Å². The van der Waals surface area contributed by atoms with E-state index in [2.05, 4.69) is 35.9 Å². The van der Waals surface area contributed by atoms with E-state index in [0.29, 0.717) is 34.7 Å².